The van der Waals surface area contributed by atoms with Gasteiger partial charge in [0.2, 0.25) is 0 Å². The predicted molar refractivity (Wildman–Crippen MR) is 111 cm³/mol. The van der Waals surface area contributed by atoms with Crippen LogP contribution in [-0.2, 0) is 22.7 Å². The Morgan fingerprint density at radius 1 is 0.594 bits per heavy atom. The van der Waals surface area contributed by atoms with Crippen molar-refractivity contribution < 1.29 is 38.9 Å². The summed E-state index contributed by atoms with van der Waals surface area (Å²) in [6.45, 7) is 0.879. The van der Waals surface area contributed by atoms with Crippen molar-refractivity contribution in [1.29, 1.82) is 0 Å². The number of carboxylic acids is 2. The highest BCUT2D eigenvalue weighted by atomic mass is 16.5. The lowest BCUT2D eigenvalue weighted by molar-refractivity contribution is 0.0526. The van der Waals surface area contributed by atoms with Crippen LogP contribution in [0.4, 0.5) is 0 Å². The Hall–Kier alpha value is -4.46. The number of benzene rings is 3. The van der Waals surface area contributed by atoms with Crippen LogP contribution in [0.1, 0.15) is 52.6 Å². The fourth-order valence-corrected chi connectivity index (χ4v) is 2.99. The predicted octanol–water partition coefficient (Wildman–Crippen LogP) is 3.80. The number of esters is 2. The van der Waals surface area contributed by atoms with Gasteiger partial charge in [-0.1, -0.05) is 48.5 Å². The summed E-state index contributed by atoms with van der Waals surface area (Å²) in [5.74, 6) is -2.85. The normalized spacial score (nSPS) is 12.6. The number of cyclic esters (lactones) is 2. The molecule has 0 bridgehead atoms. The first-order valence-corrected chi connectivity index (χ1v) is 9.44. The van der Waals surface area contributed by atoms with Gasteiger partial charge in [-0.15, -0.1) is 0 Å². The third-order valence-corrected chi connectivity index (χ3v) is 4.58. The largest absolute Gasteiger partial charge is 0.478 e. The topological polar surface area (TPSA) is 127 Å². The van der Waals surface area contributed by atoms with Gasteiger partial charge in [0, 0.05) is 11.1 Å². The van der Waals surface area contributed by atoms with Crippen molar-refractivity contribution in [1.82, 2.24) is 0 Å². The first-order valence-electron chi connectivity index (χ1n) is 9.44. The summed E-state index contributed by atoms with van der Waals surface area (Å²) in [6, 6.07) is 20.3. The second kappa shape index (κ2) is 10.0. The molecule has 8 nitrogen and oxygen atoms in total. The lowest BCUT2D eigenvalue weighted by atomic mass is 10.1. The third-order valence-electron chi connectivity index (χ3n) is 4.58. The Morgan fingerprint density at radius 3 is 1.28 bits per heavy atom. The summed E-state index contributed by atoms with van der Waals surface area (Å²) >= 11 is 0. The first-order chi connectivity index (χ1) is 15.4. The number of hydrogen-bond donors (Lipinski definition) is 2. The molecule has 2 N–H and O–H groups in total. The molecule has 0 saturated carbocycles. The molecule has 3 aromatic carbocycles. The third kappa shape index (κ3) is 5.17. The number of carbonyl (C=O) groups excluding carboxylic acids is 2. The highest BCUT2D eigenvalue weighted by Crippen LogP contribution is 2.19. The van der Waals surface area contributed by atoms with E-state index in [0.717, 1.165) is 11.1 Å². The summed E-state index contributed by atoms with van der Waals surface area (Å²) in [4.78, 5) is 42.6. The van der Waals surface area contributed by atoms with Gasteiger partial charge in [0.15, 0.2) is 0 Å². The molecular formula is C24H18O8. The zero-order valence-corrected chi connectivity index (χ0v) is 16.7. The minimum atomic E-state index is -1.23. The van der Waals surface area contributed by atoms with Crippen molar-refractivity contribution in [2.45, 2.75) is 13.2 Å². The van der Waals surface area contributed by atoms with Crippen LogP contribution in [0.5, 0.6) is 0 Å². The fraction of sp³-hybridized carbons (Fsp3) is 0.0833. The Labute approximate surface area is 182 Å². The van der Waals surface area contributed by atoms with Gasteiger partial charge in [0.1, 0.15) is 13.2 Å². The fourth-order valence-electron chi connectivity index (χ4n) is 2.99. The molecule has 0 amide bonds. The van der Waals surface area contributed by atoms with Crippen LogP contribution < -0.4 is 0 Å². The zero-order chi connectivity index (χ0) is 23.1. The van der Waals surface area contributed by atoms with Crippen molar-refractivity contribution in [3.63, 3.8) is 0 Å². The van der Waals surface area contributed by atoms with E-state index in [1.54, 1.807) is 12.1 Å². The van der Waals surface area contributed by atoms with Gasteiger partial charge in [0.05, 0.1) is 22.3 Å². The second-order valence-electron chi connectivity index (χ2n) is 6.62. The van der Waals surface area contributed by atoms with Crippen molar-refractivity contribution in [3.05, 3.63) is 106 Å². The van der Waals surface area contributed by atoms with Crippen LogP contribution in [-0.4, -0.2) is 34.1 Å². The Bertz CT molecular complexity index is 1090. The Kier molecular flexibility index (Phi) is 6.97. The van der Waals surface area contributed by atoms with Crippen molar-refractivity contribution in [2.75, 3.05) is 0 Å². The number of fused-ring (bicyclic) bond motifs is 2. The highest BCUT2D eigenvalue weighted by molar-refractivity contribution is 6.01. The van der Waals surface area contributed by atoms with Crippen LogP contribution in [0.3, 0.4) is 0 Å². The number of rotatable bonds is 2. The van der Waals surface area contributed by atoms with Crippen molar-refractivity contribution in [3.8, 4) is 0 Å². The first kappa shape index (κ1) is 22.2. The lowest BCUT2D eigenvalue weighted by Crippen LogP contribution is -2.06. The number of carbonyl (C=O) groups is 4. The molecule has 0 unspecified atom stereocenters. The van der Waals surface area contributed by atoms with E-state index in [0.29, 0.717) is 24.3 Å². The molecule has 0 saturated heterocycles. The Morgan fingerprint density at radius 2 is 0.938 bits per heavy atom. The molecule has 2 heterocycles. The van der Waals surface area contributed by atoms with Gasteiger partial charge in [-0.2, -0.15) is 0 Å². The summed E-state index contributed by atoms with van der Waals surface area (Å²) in [5, 5.41) is 17.1. The molecule has 3 aromatic rings. The minimum absolute atomic E-state index is 0.190. The molecule has 8 heteroatoms. The maximum Gasteiger partial charge on any atom is 0.338 e. The molecule has 5 rings (SSSR count). The summed E-state index contributed by atoms with van der Waals surface area (Å²) in [6.07, 6.45) is 0. The molecule has 2 aliphatic rings. The van der Waals surface area contributed by atoms with E-state index in [-0.39, 0.29) is 23.1 Å². The van der Waals surface area contributed by atoms with Crippen molar-refractivity contribution >= 4 is 23.9 Å². The standard InChI is InChI=1S/C8H6O4.2C8H6O2/c9-7(10)5-3-1-2-4-6(5)8(11)12;2*9-8-7-4-2-1-3-6(7)5-10-8/h1-4H,(H,9,10)(H,11,12);2*1-4H,5H2. The molecular weight excluding hydrogens is 416 g/mol. The summed E-state index contributed by atoms with van der Waals surface area (Å²) < 4.78 is 9.57. The highest BCUT2D eigenvalue weighted by Gasteiger charge is 2.19. The van der Waals surface area contributed by atoms with Crippen molar-refractivity contribution in [2.24, 2.45) is 0 Å². The lowest BCUT2D eigenvalue weighted by Gasteiger charge is -1.98. The van der Waals surface area contributed by atoms with Gasteiger partial charge < -0.3 is 19.7 Å². The van der Waals surface area contributed by atoms with Gasteiger partial charge in [-0.25, -0.2) is 19.2 Å². The van der Waals surface area contributed by atoms with Gasteiger partial charge in [0.25, 0.3) is 0 Å². The van der Waals surface area contributed by atoms with Crippen LogP contribution in [0.15, 0.2) is 72.8 Å². The summed E-state index contributed by atoms with van der Waals surface area (Å²) in [5.41, 5.74) is 3.03. The van der Waals surface area contributed by atoms with E-state index in [1.807, 2.05) is 36.4 Å². The average molecular weight is 434 g/mol. The molecule has 0 atom stereocenters. The molecule has 0 radical (unpaired) electrons. The average Bonchev–Trinajstić information content (AvgIpc) is 3.38. The maximum atomic E-state index is 10.8. The molecule has 32 heavy (non-hydrogen) atoms. The van der Waals surface area contributed by atoms with Crippen LogP contribution in [0, 0.1) is 0 Å². The molecule has 0 fully saturated rings. The van der Waals surface area contributed by atoms with Crippen LogP contribution in [0.25, 0.3) is 0 Å². The number of carboxylic acid groups (broad SMARTS) is 2. The van der Waals surface area contributed by atoms with E-state index in [4.69, 9.17) is 19.7 Å². The molecule has 0 spiro atoms. The number of aromatic carboxylic acids is 2. The smallest absolute Gasteiger partial charge is 0.338 e. The van der Waals surface area contributed by atoms with E-state index >= 15 is 0 Å². The molecule has 0 aliphatic carbocycles. The van der Waals surface area contributed by atoms with Gasteiger partial charge in [-0.3, -0.25) is 0 Å². The monoisotopic (exact) mass is 434 g/mol. The minimum Gasteiger partial charge on any atom is -0.478 e. The maximum absolute atomic E-state index is 10.8. The van der Waals surface area contributed by atoms with E-state index in [9.17, 15) is 19.2 Å². The van der Waals surface area contributed by atoms with E-state index < -0.39 is 11.9 Å². The SMILES string of the molecule is O=C(O)c1ccccc1C(=O)O.O=C1OCc2ccccc21.O=C1OCc2ccccc21. The second-order valence-corrected chi connectivity index (χ2v) is 6.62. The van der Waals surface area contributed by atoms with E-state index in [2.05, 4.69) is 0 Å². The Balaban J connectivity index is 0.000000136. The van der Waals surface area contributed by atoms with Crippen LogP contribution >= 0.6 is 0 Å². The van der Waals surface area contributed by atoms with Gasteiger partial charge in [-0.05, 0) is 24.3 Å². The van der Waals surface area contributed by atoms with Gasteiger partial charge >= 0.3 is 23.9 Å². The van der Waals surface area contributed by atoms with Crippen LogP contribution in [0.2, 0.25) is 0 Å². The molecule has 0 aromatic heterocycles. The molecule has 2 aliphatic heterocycles. The molecule has 162 valence electrons. The van der Waals surface area contributed by atoms with E-state index in [1.165, 1.54) is 24.3 Å². The number of hydrogen-bond acceptors (Lipinski definition) is 6. The zero-order valence-electron chi connectivity index (χ0n) is 16.7. The number of ether oxygens (including phenoxy) is 2. The summed E-state index contributed by atoms with van der Waals surface area (Å²) in [7, 11) is 0. The quantitative estimate of drug-likeness (QED) is 0.583.